The van der Waals surface area contributed by atoms with Crippen LogP contribution in [0.2, 0.25) is 0 Å². The van der Waals surface area contributed by atoms with Crippen molar-refractivity contribution in [2.75, 3.05) is 12.4 Å². The van der Waals surface area contributed by atoms with Crippen molar-refractivity contribution in [1.82, 2.24) is 0 Å². The number of hydrogen-bond acceptors (Lipinski definition) is 7. The van der Waals surface area contributed by atoms with E-state index in [1.165, 1.54) is 19.2 Å². The van der Waals surface area contributed by atoms with Gasteiger partial charge in [0.1, 0.15) is 11.4 Å². The number of hydrogen-bond donors (Lipinski definition) is 1. The van der Waals surface area contributed by atoms with E-state index in [1.807, 2.05) is 0 Å². The molecule has 0 fully saturated rings. The molecule has 0 saturated heterocycles. The normalized spacial score (nSPS) is 10.1. The molecule has 0 spiro atoms. The molecule has 21 heavy (non-hydrogen) atoms. The second-order valence-electron chi connectivity index (χ2n) is 3.99. The molecular formula is C12H11N3O5S. The van der Waals surface area contributed by atoms with E-state index in [4.69, 9.17) is 4.74 Å². The summed E-state index contributed by atoms with van der Waals surface area (Å²) in [6.07, 6.45) is 0. The van der Waals surface area contributed by atoms with Gasteiger partial charge in [-0.15, -0.1) is 0 Å². The number of anilines is 1. The van der Waals surface area contributed by atoms with E-state index >= 15 is 0 Å². The zero-order chi connectivity index (χ0) is 15.4. The third-order valence-corrected chi connectivity index (χ3v) is 3.72. The Labute approximate surface area is 123 Å². The first-order valence-corrected chi connectivity index (χ1v) is 6.62. The lowest BCUT2D eigenvalue weighted by Gasteiger charge is -2.07. The number of benzene rings is 1. The Bertz CT molecular complexity index is 685. The molecule has 0 radical (unpaired) electrons. The van der Waals surface area contributed by atoms with E-state index in [2.05, 4.69) is 5.32 Å². The van der Waals surface area contributed by atoms with E-state index in [0.29, 0.717) is 16.3 Å². The highest BCUT2D eigenvalue weighted by atomic mass is 32.1. The zero-order valence-corrected chi connectivity index (χ0v) is 11.8. The molecule has 1 heterocycles. The first-order valence-electron chi connectivity index (χ1n) is 5.80. The number of nitrogens with zero attached hydrogens (tertiary/aromatic N) is 2. The van der Waals surface area contributed by atoms with Gasteiger partial charge < -0.3 is 10.1 Å². The number of thiophene rings is 1. The van der Waals surface area contributed by atoms with Crippen molar-refractivity contribution in [3.8, 4) is 5.75 Å². The monoisotopic (exact) mass is 309 g/mol. The predicted molar refractivity (Wildman–Crippen MR) is 77.9 cm³/mol. The van der Waals surface area contributed by atoms with Gasteiger partial charge in [-0.3, -0.25) is 20.2 Å². The van der Waals surface area contributed by atoms with Crippen molar-refractivity contribution in [3.63, 3.8) is 0 Å². The van der Waals surface area contributed by atoms with Gasteiger partial charge in [0, 0.05) is 17.5 Å². The van der Waals surface area contributed by atoms with Gasteiger partial charge in [-0.2, -0.15) is 0 Å². The van der Waals surface area contributed by atoms with Crippen molar-refractivity contribution in [1.29, 1.82) is 0 Å². The lowest BCUT2D eigenvalue weighted by Crippen LogP contribution is -2.01. The van der Waals surface area contributed by atoms with Crippen LogP contribution >= 0.6 is 11.3 Å². The molecule has 8 nitrogen and oxygen atoms in total. The minimum Gasteiger partial charge on any atom is -0.496 e. The number of methoxy groups -OCH3 is 1. The molecule has 9 heteroatoms. The maximum atomic E-state index is 11.0. The fraction of sp³-hybridized carbons (Fsp3) is 0.167. The van der Waals surface area contributed by atoms with Crippen LogP contribution in [-0.4, -0.2) is 17.0 Å². The van der Waals surface area contributed by atoms with E-state index in [-0.39, 0.29) is 17.2 Å². The van der Waals surface area contributed by atoms with Crippen LogP contribution in [0.5, 0.6) is 5.75 Å². The lowest BCUT2D eigenvalue weighted by atomic mass is 10.2. The van der Waals surface area contributed by atoms with Crippen LogP contribution in [0.15, 0.2) is 30.3 Å². The van der Waals surface area contributed by atoms with Gasteiger partial charge in [0.2, 0.25) is 0 Å². The van der Waals surface area contributed by atoms with E-state index in [0.717, 1.165) is 11.3 Å². The molecule has 1 aromatic carbocycles. The summed E-state index contributed by atoms with van der Waals surface area (Å²) < 4.78 is 4.95. The minimum atomic E-state index is -0.512. The topological polar surface area (TPSA) is 108 Å². The van der Waals surface area contributed by atoms with E-state index in [1.54, 1.807) is 18.2 Å². The van der Waals surface area contributed by atoms with Gasteiger partial charge in [-0.1, -0.05) is 11.3 Å². The van der Waals surface area contributed by atoms with Gasteiger partial charge in [0.15, 0.2) is 0 Å². The summed E-state index contributed by atoms with van der Waals surface area (Å²) >= 11 is 1.03. The zero-order valence-electron chi connectivity index (χ0n) is 10.9. The Morgan fingerprint density at radius 1 is 1.19 bits per heavy atom. The summed E-state index contributed by atoms with van der Waals surface area (Å²) in [7, 11) is 1.43. The van der Waals surface area contributed by atoms with Crippen molar-refractivity contribution >= 4 is 27.7 Å². The van der Waals surface area contributed by atoms with Gasteiger partial charge in [-0.25, -0.2) is 0 Å². The Balaban J connectivity index is 2.15. The van der Waals surface area contributed by atoms with Crippen LogP contribution in [0.1, 0.15) is 4.88 Å². The molecule has 0 amide bonds. The second-order valence-corrected chi connectivity index (χ2v) is 5.14. The maximum absolute atomic E-state index is 11.0. The van der Waals surface area contributed by atoms with Gasteiger partial charge in [-0.05, 0) is 18.2 Å². The molecule has 0 atom stereocenters. The predicted octanol–water partition coefficient (Wildman–Crippen LogP) is 3.19. The summed E-state index contributed by atoms with van der Waals surface area (Å²) in [5.41, 5.74) is 0.220. The van der Waals surface area contributed by atoms with Crippen molar-refractivity contribution in [3.05, 3.63) is 55.4 Å². The Hall–Kier alpha value is -2.68. The van der Waals surface area contributed by atoms with Crippen LogP contribution < -0.4 is 10.1 Å². The largest absolute Gasteiger partial charge is 0.496 e. The molecule has 0 aliphatic heterocycles. The summed E-state index contributed by atoms with van der Waals surface area (Å²) in [5, 5.41) is 24.6. The molecule has 0 aliphatic carbocycles. The molecule has 110 valence electrons. The summed E-state index contributed by atoms with van der Waals surface area (Å²) in [4.78, 5) is 21.3. The lowest BCUT2D eigenvalue weighted by molar-refractivity contribution is -0.384. The van der Waals surface area contributed by atoms with Gasteiger partial charge >= 0.3 is 5.00 Å². The third kappa shape index (κ3) is 3.45. The van der Waals surface area contributed by atoms with Crippen LogP contribution in [0.25, 0.3) is 0 Å². The molecule has 1 N–H and O–H groups in total. The molecule has 0 aliphatic rings. The van der Waals surface area contributed by atoms with Crippen molar-refractivity contribution in [2.45, 2.75) is 6.54 Å². The highest BCUT2D eigenvalue weighted by molar-refractivity contribution is 7.15. The second kappa shape index (κ2) is 6.18. The summed E-state index contributed by atoms with van der Waals surface area (Å²) in [5.74, 6) is 0.388. The minimum absolute atomic E-state index is 0.0380. The SMILES string of the molecule is COc1ccc(NCc2ccc([N+](=O)[O-])s2)c([N+](=O)[O-])c1. The van der Waals surface area contributed by atoms with E-state index < -0.39 is 9.85 Å². The van der Waals surface area contributed by atoms with Crippen molar-refractivity contribution in [2.24, 2.45) is 0 Å². The molecular weight excluding hydrogens is 298 g/mol. The molecule has 1 aromatic heterocycles. The fourth-order valence-corrected chi connectivity index (χ4v) is 2.44. The average molecular weight is 309 g/mol. The average Bonchev–Trinajstić information content (AvgIpc) is 2.94. The molecule has 0 saturated carbocycles. The maximum Gasteiger partial charge on any atom is 0.324 e. The summed E-state index contributed by atoms with van der Waals surface area (Å²) in [6, 6.07) is 7.49. The van der Waals surface area contributed by atoms with Crippen LogP contribution in [-0.2, 0) is 6.54 Å². The first kappa shape index (κ1) is 14.7. The van der Waals surface area contributed by atoms with Crippen LogP contribution in [0, 0.1) is 20.2 Å². The van der Waals surface area contributed by atoms with Gasteiger partial charge in [0.05, 0.1) is 23.0 Å². The molecule has 0 bridgehead atoms. The number of nitrogens with one attached hydrogen (secondary N) is 1. The smallest absolute Gasteiger partial charge is 0.324 e. The highest BCUT2D eigenvalue weighted by Gasteiger charge is 2.16. The number of nitro benzene ring substituents is 1. The van der Waals surface area contributed by atoms with Gasteiger partial charge in [0.25, 0.3) is 5.69 Å². The Morgan fingerprint density at radius 3 is 2.52 bits per heavy atom. The molecule has 2 rings (SSSR count). The number of nitro groups is 2. The Kier molecular flexibility index (Phi) is 4.33. The number of ether oxygens (including phenoxy) is 1. The van der Waals surface area contributed by atoms with Crippen LogP contribution in [0.4, 0.5) is 16.4 Å². The molecule has 2 aromatic rings. The molecule has 0 unspecified atom stereocenters. The van der Waals surface area contributed by atoms with Crippen molar-refractivity contribution < 1.29 is 14.6 Å². The van der Waals surface area contributed by atoms with Crippen LogP contribution in [0.3, 0.4) is 0 Å². The standard InChI is InChI=1S/C12H11N3O5S/c1-20-8-2-4-10(11(6-8)14(16)17)13-7-9-3-5-12(21-9)15(18)19/h2-6,13H,7H2,1H3. The first-order chi connectivity index (χ1) is 10.0. The quantitative estimate of drug-likeness (QED) is 0.648. The fourth-order valence-electron chi connectivity index (χ4n) is 1.68. The summed E-state index contributed by atoms with van der Waals surface area (Å²) in [6.45, 7) is 0.270. The third-order valence-electron chi connectivity index (χ3n) is 2.68. The van der Waals surface area contributed by atoms with E-state index in [9.17, 15) is 20.2 Å². The highest BCUT2D eigenvalue weighted by Crippen LogP contribution is 2.30. The number of rotatable bonds is 6. The Morgan fingerprint density at radius 2 is 1.95 bits per heavy atom.